The summed E-state index contributed by atoms with van der Waals surface area (Å²) in [6.45, 7) is 3.98. The lowest BCUT2D eigenvalue weighted by molar-refractivity contribution is 0.0986. The molecule has 0 spiro atoms. The first-order valence-corrected chi connectivity index (χ1v) is 10.4. The maximum atomic E-state index is 13.2. The predicted octanol–water partition coefficient (Wildman–Crippen LogP) is 4.95. The maximum Gasteiger partial charge on any atom is 0.260 e. The van der Waals surface area contributed by atoms with Crippen LogP contribution in [0.1, 0.15) is 23.7 Å². The van der Waals surface area contributed by atoms with Gasteiger partial charge in [-0.3, -0.25) is 9.69 Å². The molecule has 0 aliphatic carbocycles. The van der Waals surface area contributed by atoms with Crippen molar-refractivity contribution in [2.24, 2.45) is 0 Å². The number of benzene rings is 2. The van der Waals surface area contributed by atoms with Gasteiger partial charge in [0.05, 0.1) is 11.3 Å². The maximum absolute atomic E-state index is 13.2. The molecule has 1 heterocycles. The van der Waals surface area contributed by atoms with Crippen molar-refractivity contribution in [3.05, 3.63) is 53.1 Å². The van der Waals surface area contributed by atoms with E-state index in [4.69, 9.17) is 21.3 Å². The summed E-state index contributed by atoms with van der Waals surface area (Å²) in [4.78, 5) is 21.9. The van der Waals surface area contributed by atoms with Gasteiger partial charge < -0.3 is 9.64 Å². The molecule has 3 rings (SSSR count). The van der Waals surface area contributed by atoms with Crippen LogP contribution < -0.4 is 9.64 Å². The van der Waals surface area contributed by atoms with E-state index < -0.39 is 0 Å². The van der Waals surface area contributed by atoms with Crippen molar-refractivity contribution in [3.63, 3.8) is 0 Å². The Labute approximate surface area is 174 Å². The fraction of sp³-hybridized carbons (Fsp3) is 0.333. The lowest BCUT2D eigenvalue weighted by Gasteiger charge is -2.21. The van der Waals surface area contributed by atoms with E-state index in [9.17, 15) is 4.79 Å². The van der Waals surface area contributed by atoms with Gasteiger partial charge in [-0.25, -0.2) is 4.98 Å². The van der Waals surface area contributed by atoms with Crippen molar-refractivity contribution in [1.82, 2.24) is 9.88 Å². The van der Waals surface area contributed by atoms with Crippen molar-refractivity contribution in [2.75, 3.05) is 38.7 Å². The minimum atomic E-state index is -0.0988. The standard InChI is InChI=1S/C21H24ClN3O2S/c1-4-27-17-10-6-11-18-19(17)23-21(28-18)25(13-7-12-24(2)3)20(26)15-8-5-9-16(22)14-15/h5-6,8-11,14H,4,7,12-13H2,1-3H3. The van der Waals surface area contributed by atoms with Crippen LogP contribution in [-0.4, -0.2) is 49.6 Å². The molecule has 2 aromatic carbocycles. The molecule has 0 saturated heterocycles. The van der Waals surface area contributed by atoms with Crippen LogP contribution in [0.4, 0.5) is 5.13 Å². The minimum absolute atomic E-state index is 0.0988. The third-order valence-corrected chi connectivity index (χ3v) is 5.48. The number of nitrogens with zero attached hydrogens (tertiary/aromatic N) is 3. The van der Waals surface area contributed by atoms with Crippen LogP contribution in [0, 0.1) is 0 Å². The van der Waals surface area contributed by atoms with Crippen molar-refractivity contribution in [1.29, 1.82) is 0 Å². The van der Waals surface area contributed by atoms with Crippen LogP contribution in [0.5, 0.6) is 5.75 Å². The first-order chi connectivity index (χ1) is 13.5. The van der Waals surface area contributed by atoms with Gasteiger partial charge in [-0.1, -0.05) is 35.1 Å². The Kier molecular flexibility index (Phi) is 6.88. The van der Waals surface area contributed by atoms with E-state index in [1.54, 1.807) is 29.2 Å². The molecular weight excluding hydrogens is 394 g/mol. The van der Waals surface area contributed by atoms with E-state index in [0.717, 1.165) is 28.9 Å². The molecule has 0 saturated carbocycles. The fourth-order valence-electron chi connectivity index (χ4n) is 2.91. The summed E-state index contributed by atoms with van der Waals surface area (Å²) < 4.78 is 6.70. The molecule has 0 N–H and O–H groups in total. The molecule has 7 heteroatoms. The van der Waals surface area contributed by atoms with Gasteiger partial charge in [-0.2, -0.15) is 0 Å². The Morgan fingerprint density at radius 1 is 1.18 bits per heavy atom. The molecule has 1 amide bonds. The van der Waals surface area contributed by atoms with Crippen molar-refractivity contribution >= 4 is 44.2 Å². The third kappa shape index (κ3) is 4.82. The Bertz CT molecular complexity index is 958. The molecule has 0 unspecified atom stereocenters. The number of thiazole rings is 1. The average Bonchev–Trinajstić information content (AvgIpc) is 3.09. The topological polar surface area (TPSA) is 45.7 Å². The number of fused-ring (bicyclic) bond motifs is 1. The predicted molar refractivity (Wildman–Crippen MR) is 117 cm³/mol. The summed E-state index contributed by atoms with van der Waals surface area (Å²) in [7, 11) is 4.05. The zero-order valence-corrected chi connectivity index (χ0v) is 17.9. The highest BCUT2D eigenvalue weighted by molar-refractivity contribution is 7.22. The SMILES string of the molecule is CCOc1cccc2sc(N(CCCN(C)C)C(=O)c3cccc(Cl)c3)nc12. The van der Waals surface area contributed by atoms with Crippen LogP contribution in [-0.2, 0) is 0 Å². The lowest BCUT2D eigenvalue weighted by Crippen LogP contribution is -2.33. The van der Waals surface area contributed by atoms with Gasteiger partial charge in [0.25, 0.3) is 5.91 Å². The van der Waals surface area contributed by atoms with Crippen LogP contribution in [0.15, 0.2) is 42.5 Å². The zero-order chi connectivity index (χ0) is 20.1. The largest absolute Gasteiger partial charge is 0.492 e. The Balaban J connectivity index is 1.97. The quantitative estimate of drug-likeness (QED) is 0.520. The molecule has 0 atom stereocenters. The second-order valence-corrected chi connectivity index (χ2v) is 8.10. The van der Waals surface area contributed by atoms with E-state index in [2.05, 4.69) is 4.90 Å². The van der Waals surface area contributed by atoms with Gasteiger partial charge in [-0.05, 0) is 64.3 Å². The second kappa shape index (κ2) is 9.37. The van der Waals surface area contributed by atoms with Gasteiger partial charge in [0.1, 0.15) is 11.3 Å². The summed E-state index contributed by atoms with van der Waals surface area (Å²) >= 11 is 7.60. The van der Waals surface area contributed by atoms with Gasteiger partial charge in [0, 0.05) is 17.1 Å². The summed E-state index contributed by atoms with van der Waals surface area (Å²) in [5, 5.41) is 1.22. The minimum Gasteiger partial charge on any atom is -0.492 e. The molecule has 3 aromatic rings. The molecule has 0 fully saturated rings. The highest BCUT2D eigenvalue weighted by Crippen LogP contribution is 2.35. The smallest absolute Gasteiger partial charge is 0.260 e. The number of halogens is 1. The molecule has 5 nitrogen and oxygen atoms in total. The molecule has 0 aliphatic heterocycles. The number of anilines is 1. The number of para-hydroxylation sites is 1. The second-order valence-electron chi connectivity index (χ2n) is 6.66. The molecule has 148 valence electrons. The first kappa shape index (κ1) is 20.6. The van der Waals surface area contributed by atoms with Gasteiger partial charge in [0.15, 0.2) is 5.13 Å². The Hall–Kier alpha value is -2.15. The number of carbonyl (C=O) groups is 1. The van der Waals surface area contributed by atoms with Crippen LogP contribution in [0.2, 0.25) is 5.02 Å². The fourth-order valence-corrected chi connectivity index (χ4v) is 4.10. The number of carbonyl (C=O) groups excluding carboxylic acids is 1. The van der Waals surface area contributed by atoms with Crippen molar-refractivity contribution < 1.29 is 9.53 Å². The highest BCUT2D eigenvalue weighted by Gasteiger charge is 2.22. The van der Waals surface area contributed by atoms with E-state index >= 15 is 0 Å². The molecular formula is C21H24ClN3O2S. The zero-order valence-electron chi connectivity index (χ0n) is 16.3. The number of ether oxygens (including phenoxy) is 1. The number of rotatable bonds is 8. The first-order valence-electron chi connectivity index (χ1n) is 9.24. The highest BCUT2D eigenvalue weighted by atomic mass is 35.5. The van der Waals surface area contributed by atoms with E-state index in [0.29, 0.717) is 28.9 Å². The summed E-state index contributed by atoms with van der Waals surface area (Å²) in [6, 6.07) is 12.9. The van der Waals surface area contributed by atoms with Gasteiger partial charge in [0.2, 0.25) is 0 Å². The number of aromatic nitrogens is 1. The number of amides is 1. The summed E-state index contributed by atoms with van der Waals surface area (Å²) in [5.74, 6) is 0.643. The van der Waals surface area contributed by atoms with E-state index in [1.165, 1.54) is 11.3 Å². The molecule has 0 radical (unpaired) electrons. The molecule has 0 aliphatic rings. The van der Waals surface area contributed by atoms with E-state index in [-0.39, 0.29) is 5.91 Å². The normalized spacial score (nSPS) is 11.2. The van der Waals surface area contributed by atoms with Gasteiger partial charge in [-0.15, -0.1) is 0 Å². The van der Waals surface area contributed by atoms with Crippen LogP contribution >= 0.6 is 22.9 Å². The Morgan fingerprint density at radius 3 is 2.68 bits per heavy atom. The number of hydrogen-bond acceptors (Lipinski definition) is 5. The van der Waals surface area contributed by atoms with E-state index in [1.807, 2.05) is 39.2 Å². The van der Waals surface area contributed by atoms with Crippen LogP contribution in [0.3, 0.4) is 0 Å². The average molecular weight is 418 g/mol. The summed E-state index contributed by atoms with van der Waals surface area (Å²) in [5.41, 5.74) is 1.35. The van der Waals surface area contributed by atoms with Crippen molar-refractivity contribution in [3.8, 4) is 5.75 Å². The lowest BCUT2D eigenvalue weighted by atomic mass is 10.2. The van der Waals surface area contributed by atoms with Crippen LogP contribution in [0.25, 0.3) is 10.2 Å². The molecule has 0 bridgehead atoms. The molecule has 1 aromatic heterocycles. The number of hydrogen-bond donors (Lipinski definition) is 0. The third-order valence-electron chi connectivity index (χ3n) is 4.21. The van der Waals surface area contributed by atoms with Gasteiger partial charge >= 0.3 is 0 Å². The molecule has 28 heavy (non-hydrogen) atoms. The van der Waals surface area contributed by atoms with Crippen molar-refractivity contribution in [2.45, 2.75) is 13.3 Å². The Morgan fingerprint density at radius 2 is 1.96 bits per heavy atom. The monoisotopic (exact) mass is 417 g/mol. The summed E-state index contributed by atoms with van der Waals surface area (Å²) in [6.07, 6.45) is 0.841.